The zero-order valence-corrected chi connectivity index (χ0v) is 15.6. The van der Waals surface area contributed by atoms with Gasteiger partial charge in [0.2, 0.25) is 0 Å². The Balaban J connectivity index is 1.48. The predicted octanol–water partition coefficient (Wildman–Crippen LogP) is 4.23. The van der Waals surface area contributed by atoms with E-state index in [1.54, 1.807) is 6.20 Å². The van der Waals surface area contributed by atoms with Crippen molar-refractivity contribution in [3.05, 3.63) is 78.5 Å². The molecule has 0 spiro atoms. The Labute approximate surface area is 163 Å². The maximum atomic E-state index is 12.2. The minimum atomic E-state index is -0.234. The first kappa shape index (κ1) is 17.7. The third-order valence-corrected chi connectivity index (χ3v) is 4.47. The van der Waals surface area contributed by atoms with Gasteiger partial charge in [0.1, 0.15) is 11.3 Å². The average Bonchev–Trinajstić information content (AvgIpc) is 3.09. The standard InChI is InChI=1S/C22H21N5O/c1-16-9-11-18(12-10-16)25-22(28)24-14-15-27-20(17-6-3-2-4-7-17)26-19-8-5-13-23-21(19)27/h2-13H,14-15H2,1H3,(H2,24,25,28). The highest BCUT2D eigenvalue weighted by Gasteiger charge is 2.13. The highest BCUT2D eigenvalue weighted by atomic mass is 16.2. The van der Waals surface area contributed by atoms with E-state index < -0.39 is 0 Å². The number of amides is 2. The predicted molar refractivity (Wildman–Crippen MR) is 111 cm³/mol. The highest BCUT2D eigenvalue weighted by molar-refractivity contribution is 5.89. The van der Waals surface area contributed by atoms with E-state index in [0.717, 1.165) is 33.8 Å². The van der Waals surface area contributed by atoms with Crippen LogP contribution in [0.15, 0.2) is 72.9 Å². The van der Waals surface area contributed by atoms with Crippen LogP contribution in [0, 0.1) is 6.92 Å². The minimum Gasteiger partial charge on any atom is -0.336 e. The molecule has 0 radical (unpaired) electrons. The van der Waals surface area contributed by atoms with Crippen molar-refractivity contribution in [3.63, 3.8) is 0 Å². The number of carbonyl (C=O) groups excluding carboxylic acids is 1. The van der Waals surface area contributed by atoms with Gasteiger partial charge in [-0.3, -0.25) is 0 Å². The van der Waals surface area contributed by atoms with Crippen molar-refractivity contribution in [3.8, 4) is 11.4 Å². The van der Waals surface area contributed by atoms with Crippen LogP contribution in [0.3, 0.4) is 0 Å². The minimum absolute atomic E-state index is 0.234. The number of urea groups is 1. The van der Waals surface area contributed by atoms with Gasteiger partial charge in [-0.1, -0.05) is 48.0 Å². The van der Waals surface area contributed by atoms with Gasteiger partial charge in [0.25, 0.3) is 0 Å². The molecule has 2 aromatic carbocycles. The molecule has 6 nitrogen and oxygen atoms in total. The van der Waals surface area contributed by atoms with Crippen molar-refractivity contribution in [2.24, 2.45) is 0 Å². The number of benzene rings is 2. The lowest BCUT2D eigenvalue weighted by atomic mass is 10.2. The number of imidazole rings is 1. The number of fused-ring (bicyclic) bond motifs is 1. The fourth-order valence-electron chi connectivity index (χ4n) is 3.07. The zero-order chi connectivity index (χ0) is 19.3. The lowest BCUT2D eigenvalue weighted by Crippen LogP contribution is -2.31. The topological polar surface area (TPSA) is 71.8 Å². The summed E-state index contributed by atoms with van der Waals surface area (Å²) in [6.45, 7) is 3.04. The van der Waals surface area contributed by atoms with Crippen molar-refractivity contribution < 1.29 is 4.79 Å². The summed E-state index contributed by atoms with van der Waals surface area (Å²) < 4.78 is 2.04. The van der Waals surface area contributed by atoms with Crippen LogP contribution in [-0.2, 0) is 6.54 Å². The average molecular weight is 371 g/mol. The first-order chi connectivity index (χ1) is 13.7. The Kier molecular flexibility index (Phi) is 5.01. The Morgan fingerprint density at radius 1 is 1.00 bits per heavy atom. The number of aromatic nitrogens is 3. The van der Waals surface area contributed by atoms with Gasteiger partial charge in [-0.25, -0.2) is 14.8 Å². The van der Waals surface area contributed by atoms with E-state index in [2.05, 4.69) is 15.6 Å². The zero-order valence-electron chi connectivity index (χ0n) is 15.6. The van der Waals surface area contributed by atoms with Crippen molar-refractivity contribution in [2.45, 2.75) is 13.5 Å². The fraction of sp³-hybridized carbons (Fsp3) is 0.136. The summed E-state index contributed by atoms with van der Waals surface area (Å²) in [6.07, 6.45) is 1.76. The molecule has 2 N–H and O–H groups in total. The second-order valence-corrected chi connectivity index (χ2v) is 6.55. The molecule has 0 atom stereocenters. The number of nitrogens with zero attached hydrogens (tertiary/aromatic N) is 3. The quantitative estimate of drug-likeness (QED) is 0.551. The molecule has 2 heterocycles. The van der Waals surface area contributed by atoms with Crippen molar-refractivity contribution in [1.29, 1.82) is 0 Å². The summed E-state index contributed by atoms with van der Waals surface area (Å²) in [5, 5.41) is 5.74. The number of anilines is 1. The van der Waals surface area contributed by atoms with E-state index in [-0.39, 0.29) is 6.03 Å². The molecule has 0 fully saturated rings. The van der Waals surface area contributed by atoms with Crippen LogP contribution >= 0.6 is 0 Å². The molecule has 6 heteroatoms. The second kappa shape index (κ2) is 7.92. The van der Waals surface area contributed by atoms with Crippen molar-refractivity contribution in [1.82, 2.24) is 19.9 Å². The summed E-state index contributed by atoms with van der Waals surface area (Å²) in [7, 11) is 0. The molecular formula is C22H21N5O. The van der Waals surface area contributed by atoms with Crippen LogP contribution in [-0.4, -0.2) is 27.1 Å². The van der Waals surface area contributed by atoms with Gasteiger partial charge in [0, 0.05) is 30.5 Å². The van der Waals surface area contributed by atoms with E-state index in [0.29, 0.717) is 13.1 Å². The lowest BCUT2D eigenvalue weighted by Gasteiger charge is -2.11. The fourth-order valence-corrected chi connectivity index (χ4v) is 3.07. The molecule has 0 aliphatic carbocycles. The third-order valence-electron chi connectivity index (χ3n) is 4.47. The number of carbonyl (C=O) groups is 1. The van der Waals surface area contributed by atoms with Crippen LogP contribution in [0.4, 0.5) is 10.5 Å². The number of hydrogen-bond acceptors (Lipinski definition) is 3. The van der Waals surface area contributed by atoms with Crippen LogP contribution < -0.4 is 10.6 Å². The number of aryl methyl sites for hydroxylation is 1. The third kappa shape index (κ3) is 3.86. The van der Waals surface area contributed by atoms with Gasteiger partial charge < -0.3 is 15.2 Å². The number of hydrogen-bond donors (Lipinski definition) is 2. The summed E-state index contributed by atoms with van der Waals surface area (Å²) in [6, 6.07) is 21.3. The maximum Gasteiger partial charge on any atom is 0.319 e. The number of pyridine rings is 1. The maximum absolute atomic E-state index is 12.2. The molecule has 2 aromatic heterocycles. The molecule has 0 aliphatic rings. The SMILES string of the molecule is Cc1ccc(NC(=O)NCCn2c(-c3ccccc3)nc3cccnc32)cc1. The van der Waals surface area contributed by atoms with Gasteiger partial charge in [0.15, 0.2) is 5.65 Å². The molecule has 0 saturated heterocycles. The van der Waals surface area contributed by atoms with Crippen LogP contribution in [0.25, 0.3) is 22.6 Å². The Bertz CT molecular complexity index is 1090. The first-order valence-electron chi connectivity index (χ1n) is 9.19. The monoisotopic (exact) mass is 371 g/mol. The van der Waals surface area contributed by atoms with Crippen molar-refractivity contribution >= 4 is 22.9 Å². The van der Waals surface area contributed by atoms with Gasteiger partial charge in [-0.15, -0.1) is 0 Å². The van der Waals surface area contributed by atoms with Crippen LogP contribution in [0.5, 0.6) is 0 Å². The largest absolute Gasteiger partial charge is 0.336 e. The molecule has 4 aromatic rings. The van der Waals surface area contributed by atoms with Gasteiger partial charge in [-0.05, 0) is 31.2 Å². The van der Waals surface area contributed by atoms with Crippen LogP contribution in [0.2, 0.25) is 0 Å². The van der Waals surface area contributed by atoms with Crippen LogP contribution in [0.1, 0.15) is 5.56 Å². The van der Waals surface area contributed by atoms with Crippen molar-refractivity contribution in [2.75, 3.05) is 11.9 Å². The molecule has 2 amide bonds. The lowest BCUT2D eigenvalue weighted by molar-refractivity contribution is 0.251. The Hall–Kier alpha value is -3.67. The molecule has 0 aliphatic heterocycles. The number of rotatable bonds is 5. The van der Waals surface area contributed by atoms with E-state index in [1.165, 1.54) is 0 Å². The smallest absolute Gasteiger partial charge is 0.319 e. The highest BCUT2D eigenvalue weighted by Crippen LogP contribution is 2.23. The second-order valence-electron chi connectivity index (χ2n) is 6.55. The Morgan fingerprint density at radius 2 is 1.79 bits per heavy atom. The van der Waals surface area contributed by atoms with E-state index in [9.17, 15) is 4.79 Å². The molecule has 0 saturated carbocycles. The molecule has 0 bridgehead atoms. The summed E-state index contributed by atoms with van der Waals surface area (Å²) in [5.74, 6) is 0.843. The number of nitrogens with one attached hydrogen (secondary N) is 2. The summed E-state index contributed by atoms with van der Waals surface area (Å²) >= 11 is 0. The molecular weight excluding hydrogens is 350 g/mol. The molecule has 140 valence electrons. The summed E-state index contributed by atoms with van der Waals surface area (Å²) in [4.78, 5) is 21.4. The van der Waals surface area contributed by atoms with Gasteiger partial charge in [0.05, 0.1) is 0 Å². The molecule has 0 unspecified atom stereocenters. The normalized spacial score (nSPS) is 10.8. The molecule has 28 heavy (non-hydrogen) atoms. The Morgan fingerprint density at radius 3 is 2.57 bits per heavy atom. The van der Waals surface area contributed by atoms with Gasteiger partial charge in [-0.2, -0.15) is 0 Å². The van der Waals surface area contributed by atoms with E-state index in [4.69, 9.17) is 4.98 Å². The summed E-state index contributed by atoms with van der Waals surface area (Å²) in [5.41, 5.74) is 4.58. The first-order valence-corrected chi connectivity index (χ1v) is 9.19. The van der Waals surface area contributed by atoms with E-state index >= 15 is 0 Å². The van der Waals surface area contributed by atoms with E-state index in [1.807, 2.05) is 78.2 Å². The van der Waals surface area contributed by atoms with Gasteiger partial charge >= 0.3 is 6.03 Å². The molecule has 4 rings (SSSR count).